The number of aromatic nitrogens is 2. The van der Waals surface area contributed by atoms with Crippen LogP contribution in [0.25, 0.3) is 11.5 Å². The molecule has 1 aliphatic rings. The highest BCUT2D eigenvalue weighted by Crippen LogP contribution is 2.22. The first-order valence-corrected chi connectivity index (χ1v) is 7.92. The van der Waals surface area contributed by atoms with Gasteiger partial charge in [-0.2, -0.15) is 4.98 Å². The van der Waals surface area contributed by atoms with Crippen LogP contribution in [-0.2, 0) is 6.54 Å². The third-order valence-electron chi connectivity index (χ3n) is 4.23. The Hall–Kier alpha value is -1.90. The van der Waals surface area contributed by atoms with Crippen molar-refractivity contribution in [2.45, 2.75) is 19.5 Å². The molecule has 2 heterocycles. The van der Waals surface area contributed by atoms with Gasteiger partial charge >= 0.3 is 0 Å². The molecule has 1 aliphatic heterocycles. The van der Waals surface area contributed by atoms with E-state index in [1.165, 1.54) is 6.07 Å². The molecule has 0 bridgehead atoms. The lowest BCUT2D eigenvalue weighted by molar-refractivity contribution is 0.0630. The molecule has 2 aromatic rings. The van der Waals surface area contributed by atoms with Crippen LogP contribution in [0.3, 0.4) is 0 Å². The molecule has 1 N–H and O–H groups in total. The van der Waals surface area contributed by atoms with Gasteiger partial charge in [0.15, 0.2) is 5.82 Å². The Morgan fingerprint density at radius 2 is 2.17 bits per heavy atom. The van der Waals surface area contributed by atoms with Crippen LogP contribution in [-0.4, -0.2) is 63.9 Å². The molecule has 1 unspecified atom stereocenters. The second-order valence-corrected chi connectivity index (χ2v) is 5.98. The van der Waals surface area contributed by atoms with E-state index in [2.05, 4.69) is 26.9 Å². The molecule has 0 saturated carbocycles. The zero-order valence-electron chi connectivity index (χ0n) is 13.5. The average molecular weight is 338 g/mol. The highest BCUT2D eigenvalue weighted by atomic mass is 19.1. The van der Waals surface area contributed by atoms with Gasteiger partial charge in [0.05, 0.1) is 18.7 Å². The number of rotatable bonds is 5. The molecular formula is C16H20F2N4O2. The molecule has 1 fully saturated rings. The molecule has 0 radical (unpaired) electrons. The van der Waals surface area contributed by atoms with Crippen LogP contribution < -0.4 is 0 Å². The second kappa shape index (κ2) is 7.33. The van der Waals surface area contributed by atoms with Gasteiger partial charge in [0.25, 0.3) is 5.89 Å². The van der Waals surface area contributed by atoms with Gasteiger partial charge in [0.1, 0.15) is 11.6 Å². The number of hydrogen-bond donors (Lipinski definition) is 1. The minimum atomic E-state index is -0.726. The van der Waals surface area contributed by atoms with Crippen LogP contribution in [0.2, 0.25) is 0 Å². The number of hydrogen-bond acceptors (Lipinski definition) is 6. The molecule has 1 saturated heterocycles. The van der Waals surface area contributed by atoms with E-state index in [-0.39, 0.29) is 18.1 Å². The Bertz CT molecular complexity index is 694. The summed E-state index contributed by atoms with van der Waals surface area (Å²) in [7, 11) is 0. The normalized spacial score (nSPS) is 19.8. The van der Waals surface area contributed by atoms with E-state index in [0.717, 1.165) is 31.8 Å². The van der Waals surface area contributed by atoms with Crippen LogP contribution in [0.1, 0.15) is 12.7 Å². The monoisotopic (exact) mass is 338 g/mol. The first-order chi connectivity index (χ1) is 11.6. The van der Waals surface area contributed by atoms with E-state index in [9.17, 15) is 8.78 Å². The van der Waals surface area contributed by atoms with E-state index < -0.39 is 11.6 Å². The number of aliphatic hydroxyl groups excluding tert-OH is 1. The maximum atomic E-state index is 13.8. The van der Waals surface area contributed by atoms with Gasteiger partial charge in [-0.15, -0.1) is 0 Å². The summed E-state index contributed by atoms with van der Waals surface area (Å²) < 4.78 is 31.8. The van der Waals surface area contributed by atoms with Crippen molar-refractivity contribution < 1.29 is 18.4 Å². The van der Waals surface area contributed by atoms with Crippen LogP contribution in [0.15, 0.2) is 22.7 Å². The lowest BCUT2D eigenvalue weighted by atomic mass is 10.2. The predicted molar refractivity (Wildman–Crippen MR) is 83.0 cm³/mol. The van der Waals surface area contributed by atoms with Crippen molar-refractivity contribution in [3.05, 3.63) is 35.7 Å². The van der Waals surface area contributed by atoms with Crippen LogP contribution in [0.4, 0.5) is 8.78 Å². The Morgan fingerprint density at radius 1 is 1.33 bits per heavy atom. The number of benzene rings is 1. The van der Waals surface area contributed by atoms with Gasteiger partial charge in [-0.25, -0.2) is 8.78 Å². The number of halogens is 2. The number of aliphatic hydroxyl groups is 1. The Labute approximate surface area is 138 Å². The molecule has 1 atom stereocenters. The lowest BCUT2D eigenvalue weighted by Crippen LogP contribution is -2.52. The first-order valence-electron chi connectivity index (χ1n) is 7.92. The smallest absolute Gasteiger partial charge is 0.260 e. The van der Waals surface area contributed by atoms with Crippen molar-refractivity contribution in [1.29, 1.82) is 0 Å². The molecule has 0 spiro atoms. The minimum absolute atomic E-state index is 0.0504. The molecule has 0 amide bonds. The average Bonchev–Trinajstić information content (AvgIpc) is 2.98. The van der Waals surface area contributed by atoms with Gasteiger partial charge in [-0.05, 0) is 19.1 Å². The van der Waals surface area contributed by atoms with E-state index in [1.54, 1.807) is 0 Å². The molecule has 6 nitrogen and oxygen atoms in total. The van der Waals surface area contributed by atoms with Gasteiger partial charge in [0.2, 0.25) is 0 Å². The summed E-state index contributed by atoms with van der Waals surface area (Å²) in [6, 6.07) is 3.57. The SMILES string of the molecule is CC1CN(Cc2noc(-c3ccc(F)cc3F)n2)CCN1CCO. The standard InChI is InChI=1S/C16H20F2N4O2/c1-11-9-21(4-5-22(11)6-7-23)10-15-19-16(24-20-15)13-3-2-12(17)8-14(13)18/h2-3,8,11,23H,4-7,9-10H2,1H3. The molecule has 130 valence electrons. The Kier molecular flexibility index (Phi) is 5.17. The molecule has 8 heteroatoms. The van der Waals surface area contributed by atoms with Crippen molar-refractivity contribution in [3.8, 4) is 11.5 Å². The van der Waals surface area contributed by atoms with Crippen LogP contribution in [0, 0.1) is 11.6 Å². The second-order valence-electron chi connectivity index (χ2n) is 5.98. The van der Waals surface area contributed by atoms with E-state index in [1.807, 2.05) is 0 Å². The maximum absolute atomic E-state index is 13.8. The van der Waals surface area contributed by atoms with Crippen molar-refractivity contribution in [1.82, 2.24) is 19.9 Å². The molecule has 3 rings (SSSR count). The molecule has 0 aliphatic carbocycles. The predicted octanol–water partition coefficient (Wildman–Crippen LogP) is 1.51. The summed E-state index contributed by atoms with van der Waals surface area (Å²) in [5.74, 6) is -0.854. The number of piperazine rings is 1. The highest BCUT2D eigenvalue weighted by molar-refractivity contribution is 5.53. The number of β-amino-alcohol motifs (C(OH)–C–C–N with tert-alkyl or cyclic N) is 1. The fraction of sp³-hybridized carbons (Fsp3) is 0.500. The quantitative estimate of drug-likeness (QED) is 0.892. The Morgan fingerprint density at radius 3 is 2.88 bits per heavy atom. The van der Waals surface area contributed by atoms with E-state index >= 15 is 0 Å². The largest absolute Gasteiger partial charge is 0.395 e. The van der Waals surface area contributed by atoms with Crippen molar-refractivity contribution in [2.24, 2.45) is 0 Å². The zero-order valence-corrected chi connectivity index (χ0v) is 13.5. The van der Waals surface area contributed by atoms with Gasteiger partial charge in [-0.1, -0.05) is 5.16 Å². The van der Waals surface area contributed by atoms with Crippen LogP contribution in [0.5, 0.6) is 0 Å². The van der Waals surface area contributed by atoms with E-state index in [0.29, 0.717) is 25.0 Å². The van der Waals surface area contributed by atoms with Gasteiger partial charge in [-0.3, -0.25) is 9.80 Å². The third-order valence-corrected chi connectivity index (χ3v) is 4.23. The summed E-state index contributed by atoms with van der Waals surface area (Å²) >= 11 is 0. The van der Waals surface area contributed by atoms with Crippen molar-refractivity contribution >= 4 is 0 Å². The summed E-state index contributed by atoms with van der Waals surface area (Å²) in [5, 5.41) is 12.9. The van der Waals surface area contributed by atoms with Gasteiger partial charge < -0.3 is 9.63 Å². The van der Waals surface area contributed by atoms with E-state index in [4.69, 9.17) is 9.63 Å². The first kappa shape index (κ1) is 16.9. The summed E-state index contributed by atoms with van der Waals surface area (Å²) in [5.41, 5.74) is 0.0938. The highest BCUT2D eigenvalue weighted by Gasteiger charge is 2.24. The third kappa shape index (κ3) is 3.77. The minimum Gasteiger partial charge on any atom is -0.395 e. The summed E-state index contributed by atoms with van der Waals surface area (Å²) in [6.45, 7) is 5.96. The fourth-order valence-corrected chi connectivity index (χ4v) is 2.97. The maximum Gasteiger partial charge on any atom is 0.260 e. The molecule has 24 heavy (non-hydrogen) atoms. The number of nitrogens with zero attached hydrogens (tertiary/aromatic N) is 4. The Balaban J connectivity index is 1.64. The molecule has 1 aromatic heterocycles. The molecule has 1 aromatic carbocycles. The van der Waals surface area contributed by atoms with Crippen molar-refractivity contribution in [3.63, 3.8) is 0 Å². The lowest BCUT2D eigenvalue weighted by Gasteiger charge is -2.39. The fourth-order valence-electron chi connectivity index (χ4n) is 2.97. The van der Waals surface area contributed by atoms with Crippen LogP contribution >= 0.6 is 0 Å². The van der Waals surface area contributed by atoms with Crippen molar-refractivity contribution in [2.75, 3.05) is 32.8 Å². The zero-order chi connectivity index (χ0) is 17.1. The topological polar surface area (TPSA) is 65.6 Å². The summed E-state index contributed by atoms with van der Waals surface area (Å²) in [6.07, 6.45) is 0. The van der Waals surface area contributed by atoms with Gasteiger partial charge in [0, 0.05) is 38.3 Å². The summed E-state index contributed by atoms with van der Waals surface area (Å²) in [4.78, 5) is 8.63. The molecular weight excluding hydrogens is 318 g/mol.